The number of hydrogen-bond donors (Lipinski definition) is 8. The molecule has 0 radical (unpaired) electrons. The lowest BCUT2D eigenvalue weighted by Gasteiger charge is -2.35. The molecule has 49 heavy (non-hydrogen) atoms. The number of β-amino-alcohol motifs (C(OH)–C–C–N with tert-alkyl or cyclic N) is 1. The second-order valence-electron chi connectivity index (χ2n) is 12.5. The summed E-state index contributed by atoms with van der Waals surface area (Å²) in [6.45, 7) is 6.58. The number of H-pyrrole nitrogens is 1. The summed E-state index contributed by atoms with van der Waals surface area (Å²) < 4.78 is 6.37. The Morgan fingerprint density at radius 2 is 1.84 bits per heavy atom. The zero-order valence-electron chi connectivity index (χ0n) is 27.6. The highest BCUT2D eigenvalue weighted by atomic mass is 16.4. The number of aromatic amines is 1. The van der Waals surface area contributed by atoms with E-state index in [1.54, 1.807) is 12.3 Å². The number of nitrogens with one attached hydrogen (secondary N) is 2. The first-order valence-corrected chi connectivity index (χ1v) is 16.7. The Kier molecular flexibility index (Phi) is 10.2. The molecule has 1 aliphatic rings. The summed E-state index contributed by atoms with van der Waals surface area (Å²) in [4.78, 5) is 26.8. The third-order valence-electron chi connectivity index (χ3n) is 9.48. The first-order valence-electron chi connectivity index (χ1n) is 16.7. The standard InChI is InChI=1S/C33H44N10O6/c1-3-41-23-6-5-19(13-24(23)42(4-2)27(41)15-36-33(49)28-31(34)39-32-22(38-28)7-10-35-32)20-14-37-43(16-20)21-8-11-40(12-9-21)17-25(45)29(47)30(48)26(46)18-44/h5-7,10,13-14,16,21,25-26,29-30,44-48H,3-4,8-9,11-12,15,17-18H2,1-2H3,(H3-,34,35,36,38,39,49)/p+1/t25-,26+,29+,30+/m0/s1. The van der Waals surface area contributed by atoms with Crippen molar-refractivity contribution in [1.82, 2.24) is 39.5 Å². The van der Waals surface area contributed by atoms with Crippen molar-refractivity contribution in [3.8, 4) is 11.1 Å². The van der Waals surface area contributed by atoms with Crippen molar-refractivity contribution in [3.63, 3.8) is 0 Å². The molecule has 0 aliphatic carbocycles. The van der Waals surface area contributed by atoms with Crippen molar-refractivity contribution in [2.45, 2.75) is 76.8 Å². The molecule has 16 nitrogen and oxygen atoms in total. The lowest BCUT2D eigenvalue weighted by Crippen LogP contribution is -2.50. The molecule has 1 aliphatic heterocycles. The number of rotatable bonds is 13. The van der Waals surface area contributed by atoms with E-state index >= 15 is 0 Å². The smallest absolute Gasteiger partial charge is 0.277 e. The summed E-state index contributed by atoms with van der Waals surface area (Å²) in [6.07, 6.45) is 1.19. The molecule has 16 heteroatoms. The van der Waals surface area contributed by atoms with Crippen LogP contribution >= 0.6 is 0 Å². The molecule has 1 aromatic carbocycles. The number of piperidine rings is 1. The molecule has 5 heterocycles. The summed E-state index contributed by atoms with van der Waals surface area (Å²) in [5.74, 6) is 0.612. The number of likely N-dealkylation sites (tertiary alicyclic amines) is 1. The first kappa shape index (κ1) is 34.4. The molecular formula is C33H45N10O6+. The van der Waals surface area contributed by atoms with Crippen LogP contribution in [0.5, 0.6) is 0 Å². The summed E-state index contributed by atoms with van der Waals surface area (Å²) in [5, 5.41) is 56.8. The average Bonchev–Trinajstić information content (AvgIpc) is 3.86. The number of amides is 1. The number of aliphatic hydroxyl groups is 5. The van der Waals surface area contributed by atoms with Crippen molar-refractivity contribution in [1.29, 1.82) is 0 Å². The van der Waals surface area contributed by atoms with E-state index in [9.17, 15) is 25.2 Å². The second kappa shape index (κ2) is 14.6. The van der Waals surface area contributed by atoms with E-state index < -0.39 is 36.9 Å². The maximum atomic E-state index is 13.2. The van der Waals surface area contributed by atoms with Gasteiger partial charge >= 0.3 is 0 Å². The lowest BCUT2D eigenvalue weighted by atomic mass is 10.0. The molecule has 262 valence electrons. The highest BCUT2D eigenvalue weighted by Gasteiger charge is 2.32. The molecule has 1 saturated heterocycles. The van der Waals surface area contributed by atoms with Gasteiger partial charge in [0.1, 0.15) is 30.4 Å². The number of anilines is 1. The number of aromatic nitrogens is 7. The first-order chi connectivity index (χ1) is 23.6. The Labute approximate surface area is 282 Å². The van der Waals surface area contributed by atoms with E-state index in [0.29, 0.717) is 37.3 Å². The normalized spacial score (nSPS) is 17.0. The van der Waals surface area contributed by atoms with Crippen LogP contribution in [0.15, 0.2) is 42.9 Å². The Morgan fingerprint density at radius 3 is 2.55 bits per heavy atom. The number of carbonyl (C=O) groups excluding carboxylic acids is 1. The van der Waals surface area contributed by atoms with Gasteiger partial charge in [0.15, 0.2) is 28.2 Å². The van der Waals surface area contributed by atoms with Gasteiger partial charge in [-0.2, -0.15) is 5.10 Å². The van der Waals surface area contributed by atoms with Crippen LogP contribution in [0.4, 0.5) is 5.82 Å². The highest BCUT2D eigenvalue weighted by molar-refractivity contribution is 5.98. The molecule has 9 N–H and O–H groups in total. The fourth-order valence-electron chi connectivity index (χ4n) is 6.75. The predicted octanol–water partition coefficient (Wildman–Crippen LogP) is -0.312. The van der Waals surface area contributed by atoms with Gasteiger partial charge < -0.3 is 46.5 Å². The van der Waals surface area contributed by atoms with Crippen LogP contribution in [0.1, 0.15) is 49.0 Å². The van der Waals surface area contributed by atoms with Crippen LogP contribution < -0.4 is 15.6 Å². The molecule has 1 fully saturated rings. The van der Waals surface area contributed by atoms with Crippen LogP contribution in [0.3, 0.4) is 0 Å². The Bertz CT molecular complexity index is 1910. The van der Waals surface area contributed by atoms with Crippen molar-refractivity contribution < 1.29 is 34.9 Å². The van der Waals surface area contributed by atoms with Crippen molar-refractivity contribution in [2.24, 2.45) is 0 Å². The predicted molar refractivity (Wildman–Crippen MR) is 180 cm³/mol. The van der Waals surface area contributed by atoms with Crippen LogP contribution in [-0.4, -0.2) is 116 Å². The lowest BCUT2D eigenvalue weighted by molar-refractivity contribution is -0.676. The van der Waals surface area contributed by atoms with Crippen molar-refractivity contribution in [2.75, 3.05) is 32.0 Å². The topological polar surface area (TPSA) is 228 Å². The molecule has 0 spiro atoms. The van der Waals surface area contributed by atoms with Crippen molar-refractivity contribution >= 4 is 33.9 Å². The number of aryl methyl sites for hydroxylation is 2. The number of nitrogen functional groups attached to an aromatic ring is 1. The number of carbonyl (C=O) groups is 1. The van der Waals surface area contributed by atoms with Gasteiger partial charge in [-0.25, -0.2) is 19.1 Å². The van der Waals surface area contributed by atoms with E-state index in [2.05, 4.69) is 66.5 Å². The zero-order chi connectivity index (χ0) is 34.8. The highest BCUT2D eigenvalue weighted by Crippen LogP contribution is 2.28. The molecule has 1 amide bonds. The molecule has 0 bridgehead atoms. The summed E-state index contributed by atoms with van der Waals surface area (Å²) in [6, 6.07) is 8.23. The van der Waals surface area contributed by atoms with Crippen LogP contribution in [0.2, 0.25) is 0 Å². The summed E-state index contributed by atoms with van der Waals surface area (Å²) in [5.41, 5.74) is 11.3. The minimum Gasteiger partial charge on any atom is -0.394 e. The number of hydrogen-bond acceptors (Lipinski definition) is 11. The van der Waals surface area contributed by atoms with Gasteiger partial charge in [0.2, 0.25) is 0 Å². The molecule has 5 aromatic rings. The molecule has 0 unspecified atom stereocenters. The van der Waals surface area contributed by atoms with Gasteiger partial charge in [-0.3, -0.25) is 9.48 Å². The molecule has 4 aromatic heterocycles. The average molecular weight is 678 g/mol. The Hall–Kier alpha value is -4.45. The Morgan fingerprint density at radius 1 is 1.08 bits per heavy atom. The Balaban J connectivity index is 1.14. The number of imidazole rings is 1. The third-order valence-corrected chi connectivity index (χ3v) is 9.48. The summed E-state index contributed by atoms with van der Waals surface area (Å²) >= 11 is 0. The number of aliphatic hydroxyl groups excluding tert-OH is 5. The van der Waals surface area contributed by atoms with Crippen molar-refractivity contribution in [3.05, 3.63) is 54.4 Å². The second-order valence-corrected chi connectivity index (χ2v) is 12.5. The number of benzene rings is 1. The van der Waals surface area contributed by atoms with Gasteiger partial charge in [0, 0.05) is 37.6 Å². The third kappa shape index (κ3) is 6.88. The van der Waals surface area contributed by atoms with E-state index in [1.807, 2.05) is 22.0 Å². The van der Waals surface area contributed by atoms with Crippen LogP contribution in [0, 0.1) is 0 Å². The fraction of sp³-hybridized carbons (Fsp3) is 0.485. The van der Waals surface area contributed by atoms with Crippen LogP contribution in [-0.2, 0) is 19.6 Å². The van der Waals surface area contributed by atoms with E-state index in [4.69, 9.17) is 10.8 Å². The number of nitrogens with zero attached hydrogens (tertiary/aromatic N) is 7. The van der Waals surface area contributed by atoms with Gasteiger partial charge in [0.25, 0.3) is 11.7 Å². The van der Waals surface area contributed by atoms with E-state index in [0.717, 1.165) is 40.8 Å². The molecular weight excluding hydrogens is 632 g/mol. The monoisotopic (exact) mass is 677 g/mol. The van der Waals surface area contributed by atoms with Gasteiger partial charge in [0.05, 0.1) is 38.0 Å². The van der Waals surface area contributed by atoms with Gasteiger partial charge in [-0.1, -0.05) is 0 Å². The van der Waals surface area contributed by atoms with Crippen LogP contribution in [0.25, 0.3) is 33.3 Å². The maximum Gasteiger partial charge on any atom is 0.277 e. The number of nitrogens with two attached hydrogens (primary N) is 1. The number of fused-ring (bicyclic) bond motifs is 2. The van der Waals surface area contributed by atoms with Gasteiger partial charge in [-0.05, 0) is 56.5 Å². The summed E-state index contributed by atoms with van der Waals surface area (Å²) in [7, 11) is 0. The molecule has 4 atom stereocenters. The minimum atomic E-state index is -1.63. The zero-order valence-corrected chi connectivity index (χ0v) is 27.6. The SMILES string of the molecule is CCn1c(CNC(=O)c2nc3cc[nH]c3nc2N)[n+](CC)c2ccc(-c3cnn(C4CCN(C[C@H](O)[C@@H](O)[C@H](O)[C@H](O)CO)CC4)c3)cc21. The van der Waals surface area contributed by atoms with E-state index in [-0.39, 0.29) is 30.6 Å². The minimum absolute atomic E-state index is 0.0637. The largest absolute Gasteiger partial charge is 0.394 e. The van der Waals surface area contributed by atoms with Gasteiger partial charge in [-0.15, -0.1) is 0 Å². The molecule has 6 rings (SSSR count). The maximum absolute atomic E-state index is 13.2. The molecule has 0 saturated carbocycles. The van der Waals surface area contributed by atoms with E-state index in [1.165, 1.54) is 0 Å². The fourth-order valence-corrected chi connectivity index (χ4v) is 6.75. The quantitative estimate of drug-likeness (QED) is 0.0754.